The van der Waals surface area contributed by atoms with Crippen LogP contribution in [-0.2, 0) is 35.5 Å². The number of aromatic nitrogens is 3. The quantitative estimate of drug-likeness (QED) is 0.141. The third-order valence-electron chi connectivity index (χ3n) is 7.96. The molecule has 5 aromatic rings. The summed E-state index contributed by atoms with van der Waals surface area (Å²) in [5.74, 6) is 0.281. The summed E-state index contributed by atoms with van der Waals surface area (Å²) in [6, 6.07) is 30.4. The topological polar surface area (TPSA) is 79.3 Å². The predicted octanol–water partition coefficient (Wildman–Crippen LogP) is 6.43. The zero-order valence-electron chi connectivity index (χ0n) is 24.7. The molecule has 0 unspecified atom stereocenters. The third kappa shape index (κ3) is 7.51. The molecule has 0 N–H and O–H groups in total. The van der Waals surface area contributed by atoms with Crippen LogP contribution in [0.1, 0.15) is 27.8 Å². The van der Waals surface area contributed by atoms with Crippen LogP contribution in [-0.4, -0.2) is 49.2 Å². The number of nitrogens with zero attached hydrogens (tertiary/aromatic N) is 5. The second kappa shape index (κ2) is 14.1. The molecule has 1 atom stereocenters. The SMILES string of the molecule is O=C([C@H](Cc1ccccc1)N(Cc1ccc(-c2ncccn2)cc1)C(=O)/C=C/c1ccc(Cl)nc1)N1CCc2ccccc2C1. The molecule has 3 aromatic carbocycles. The summed E-state index contributed by atoms with van der Waals surface area (Å²) >= 11 is 5.96. The first-order chi connectivity index (χ1) is 22.0. The molecule has 0 aliphatic carbocycles. The number of fused-ring (bicyclic) bond motifs is 1. The molecular formula is C37H32ClN5O2. The first kappa shape index (κ1) is 29.9. The van der Waals surface area contributed by atoms with Gasteiger partial charge in [0, 0.05) is 56.3 Å². The Morgan fingerprint density at radius 3 is 2.29 bits per heavy atom. The summed E-state index contributed by atoms with van der Waals surface area (Å²) in [7, 11) is 0. The lowest BCUT2D eigenvalue weighted by Gasteiger charge is -2.37. The lowest BCUT2D eigenvalue weighted by atomic mass is 9.97. The standard InChI is InChI=1S/C37H32ClN5O2/c38-34-17-13-28(24-41-34)14-18-35(44)43(25-29-11-15-31(16-12-29)36-39-20-6-21-40-36)33(23-27-7-2-1-3-8-27)37(45)42-22-19-30-9-4-5-10-32(30)26-42/h1-18,20-21,24,33H,19,22-23,25-26H2/b18-14+/t33-/m0/s1. The van der Waals surface area contributed by atoms with Crippen LogP contribution in [0.3, 0.4) is 0 Å². The number of carbonyl (C=O) groups excluding carboxylic acids is 2. The summed E-state index contributed by atoms with van der Waals surface area (Å²) in [4.78, 5) is 44.9. The maximum Gasteiger partial charge on any atom is 0.247 e. The molecule has 0 saturated carbocycles. The Balaban J connectivity index is 1.34. The highest BCUT2D eigenvalue weighted by molar-refractivity contribution is 6.29. The van der Waals surface area contributed by atoms with Crippen molar-refractivity contribution in [2.24, 2.45) is 0 Å². The van der Waals surface area contributed by atoms with Crippen LogP contribution in [0.4, 0.5) is 0 Å². The lowest BCUT2D eigenvalue weighted by molar-refractivity contribution is -0.144. The highest BCUT2D eigenvalue weighted by atomic mass is 35.5. The molecule has 2 amide bonds. The molecule has 7 nitrogen and oxygen atoms in total. The molecule has 1 aliphatic heterocycles. The van der Waals surface area contributed by atoms with Crippen LogP contribution in [0.15, 0.2) is 122 Å². The summed E-state index contributed by atoms with van der Waals surface area (Å²) in [5.41, 5.74) is 5.88. The van der Waals surface area contributed by atoms with Crippen LogP contribution in [0.25, 0.3) is 17.5 Å². The Morgan fingerprint density at radius 1 is 0.822 bits per heavy atom. The van der Waals surface area contributed by atoms with Crippen molar-refractivity contribution < 1.29 is 9.59 Å². The smallest absolute Gasteiger partial charge is 0.247 e. The summed E-state index contributed by atoms with van der Waals surface area (Å²) in [6.45, 7) is 1.35. The zero-order valence-corrected chi connectivity index (χ0v) is 25.4. The molecule has 0 bridgehead atoms. The van der Waals surface area contributed by atoms with E-state index in [1.165, 1.54) is 11.6 Å². The largest absolute Gasteiger partial charge is 0.336 e. The van der Waals surface area contributed by atoms with E-state index < -0.39 is 6.04 Å². The second-order valence-electron chi connectivity index (χ2n) is 11.0. The second-order valence-corrected chi connectivity index (χ2v) is 11.4. The molecular weight excluding hydrogens is 582 g/mol. The third-order valence-corrected chi connectivity index (χ3v) is 8.18. The Hall–Kier alpha value is -5.14. The summed E-state index contributed by atoms with van der Waals surface area (Å²) in [5, 5.41) is 0.376. The van der Waals surface area contributed by atoms with E-state index in [-0.39, 0.29) is 18.4 Å². The van der Waals surface area contributed by atoms with Gasteiger partial charge in [-0.15, -0.1) is 0 Å². The van der Waals surface area contributed by atoms with E-state index in [4.69, 9.17) is 11.6 Å². The summed E-state index contributed by atoms with van der Waals surface area (Å²) in [6.07, 6.45) is 9.40. The van der Waals surface area contributed by atoms with E-state index >= 15 is 0 Å². The molecule has 0 fully saturated rings. The highest BCUT2D eigenvalue weighted by Crippen LogP contribution is 2.24. The van der Waals surface area contributed by atoms with Crippen molar-refractivity contribution in [1.29, 1.82) is 0 Å². The molecule has 224 valence electrons. The number of hydrogen-bond acceptors (Lipinski definition) is 5. The first-order valence-corrected chi connectivity index (χ1v) is 15.3. The van der Waals surface area contributed by atoms with E-state index in [1.54, 1.807) is 47.8 Å². The Morgan fingerprint density at radius 2 is 1.56 bits per heavy atom. The van der Waals surface area contributed by atoms with Gasteiger partial charge in [-0.1, -0.05) is 96.5 Å². The van der Waals surface area contributed by atoms with Crippen LogP contribution < -0.4 is 0 Å². The molecule has 2 aromatic heterocycles. The van der Waals surface area contributed by atoms with Crippen LogP contribution in [0.2, 0.25) is 5.15 Å². The van der Waals surface area contributed by atoms with Crippen LogP contribution in [0.5, 0.6) is 0 Å². The van der Waals surface area contributed by atoms with Crippen LogP contribution >= 0.6 is 11.6 Å². The van der Waals surface area contributed by atoms with Crippen LogP contribution in [0, 0.1) is 0 Å². The maximum absolute atomic E-state index is 14.5. The number of amides is 2. The molecule has 0 saturated heterocycles. The molecule has 6 rings (SSSR count). The Kier molecular flexibility index (Phi) is 9.37. The minimum Gasteiger partial charge on any atom is -0.336 e. The van der Waals surface area contributed by atoms with Crippen molar-refractivity contribution in [3.63, 3.8) is 0 Å². The molecule has 0 radical (unpaired) electrons. The summed E-state index contributed by atoms with van der Waals surface area (Å²) < 4.78 is 0. The molecule has 8 heteroatoms. The number of benzene rings is 3. The van der Waals surface area contributed by atoms with Gasteiger partial charge >= 0.3 is 0 Å². The minimum atomic E-state index is -0.727. The van der Waals surface area contributed by atoms with E-state index in [9.17, 15) is 9.59 Å². The van der Waals surface area contributed by atoms with Gasteiger partial charge in [0.2, 0.25) is 11.8 Å². The van der Waals surface area contributed by atoms with Crippen molar-refractivity contribution >= 4 is 29.5 Å². The molecule has 45 heavy (non-hydrogen) atoms. The van der Waals surface area contributed by atoms with Gasteiger partial charge < -0.3 is 9.80 Å². The maximum atomic E-state index is 14.5. The predicted molar refractivity (Wildman–Crippen MR) is 176 cm³/mol. The van der Waals surface area contributed by atoms with Gasteiger partial charge in [-0.25, -0.2) is 15.0 Å². The fourth-order valence-corrected chi connectivity index (χ4v) is 5.67. The van der Waals surface area contributed by atoms with E-state index in [0.717, 1.165) is 34.2 Å². The van der Waals surface area contributed by atoms with Crippen molar-refractivity contribution in [1.82, 2.24) is 24.8 Å². The minimum absolute atomic E-state index is 0.0717. The van der Waals surface area contributed by atoms with Gasteiger partial charge in [-0.3, -0.25) is 9.59 Å². The monoisotopic (exact) mass is 613 g/mol. The van der Waals surface area contributed by atoms with Gasteiger partial charge in [0.25, 0.3) is 0 Å². The number of hydrogen-bond donors (Lipinski definition) is 0. The number of carbonyl (C=O) groups is 2. The highest BCUT2D eigenvalue weighted by Gasteiger charge is 2.34. The van der Waals surface area contributed by atoms with E-state index in [2.05, 4.69) is 27.1 Å². The van der Waals surface area contributed by atoms with Gasteiger partial charge in [0.1, 0.15) is 11.2 Å². The van der Waals surface area contributed by atoms with Gasteiger partial charge in [-0.05, 0) is 52.4 Å². The fraction of sp³-hybridized carbons (Fsp3) is 0.162. The number of halogens is 1. The van der Waals surface area contributed by atoms with Crippen molar-refractivity contribution in [2.75, 3.05) is 6.54 Å². The van der Waals surface area contributed by atoms with Crippen molar-refractivity contribution in [3.8, 4) is 11.4 Å². The number of pyridine rings is 1. The number of rotatable bonds is 9. The average Bonchev–Trinajstić information content (AvgIpc) is 3.10. The van der Waals surface area contributed by atoms with Crippen molar-refractivity contribution in [2.45, 2.75) is 32.0 Å². The lowest BCUT2D eigenvalue weighted by Crippen LogP contribution is -2.52. The normalized spacial score (nSPS) is 13.3. The molecule has 0 spiro atoms. The molecule has 3 heterocycles. The van der Waals surface area contributed by atoms with E-state index in [1.807, 2.05) is 71.6 Å². The van der Waals surface area contributed by atoms with Gasteiger partial charge in [0.05, 0.1) is 0 Å². The van der Waals surface area contributed by atoms with Gasteiger partial charge in [-0.2, -0.15) is 0 Å². The van der Waals surface area contributed by atoms with Gasteiger partial charge in [0.15, 0.2) is 5.82 Å². The first-order valence-electron chi connectivity index (χ1n) is 14.9. The molecule has 1 aliphatic rings. The zero-order chi connectivity index (χ0) is 31.0. The average molecular weight is 614 g/mol. The van der Waals surface area contributed by atoms with Crippen molar-refractivity contribution in [3.05, 3.63) is 155 Å². The Labute approximate surface area is 267 Å². The van der Waals surface area contributed by atoms with E-state index in [0.29, 0.717) is 30.5 Å². The fourth-order valence-electron chi connectivity index (χ4n) is 5.56. The Bertz CT molecular complexity index is 1780.